The molecule has 1 saturated carbocycles. The number of aromatic nitrogens is 1. The number of urea groups is 1. The molecule has 2 amide bonds. The number of anilines is 1. The Bertz CT molecular complexity index is 747. The van der Waals surface area contributed by atoms with E-state index >= 15 is 0 Å². The Balaban J connectivity index is 1.69. The van der Waals surface area contributed by atoms with Crippen LogP contribution in [0.15, 0.2) is 5.38 Å². The van der Waals surface area contributed by atoms with E-state index in [9.17, 15) is 19.5 Å². The van der Waals surface area contributed by atoms with Crippen LogP contribution in [0.25, 0.3) is 0 Å². The van der Waals surface area contributed by atoms with Gasteiger partial charge >= 0.3 is 18.0 Å². The van der Waals surface area contributed by atoms with Crippen molar-refractivity contribution in [2.24, 2.45) is 11.3 Å². The molecule has 0 radical (unpaired) electrons. The number of ether oxygens (including phenoxy) is 1. The van der Waals surface area contributed by atoms with Crippen LogP contribution in [-0.2, 0) is 19.7 Å². The van der Waals surface area contributed by atoms with Crippen LogP contribution < -0.4 is 5.32 Å². The SMILES string of the molecule is COC(=O)C(C)(C)c1csc(NC(=O)N2C[C@@H]3CCC[C@@]3(C(=O)O)C2)n1. The first-order valence-corrected chi connectivity index (χ1v) is 9.42. The van der Waals surface area contributed by atoms with E-state index in [1.807, 2.05) is 0 Å². The van der Waals surface area contributed by atoms with Crippen molar-refractivity contribution in [1.29, 1.82) is 0 Å². The van der Waals surface area contributed by atoms with Gasteiger partial charge in [-0.25, -0.2) is 9.78 Å². The number of nitrogens with one attached hydrogen (secondary N) is 1. The minimum atomic E-state index is -0.910. The molecule has 2 heterocycles. The second kappa shape index (κ2) is 6.53. The van der Waals surface area contributed by atoms with Crippen molar-refractivity contribution in [1.82, 2.24) is 9.88 Å². The molecule has 1 aliphatic carbocycles. The zero-order chi connectivity index (χ0) is 19.1. The fourth-order valence-corrected chi connectivity index (χ4v) is 4.81. The van der Waals surface area contributed by atoms with Crippen LogP contribution in [0.2, 0.25) is 0 Å². The maximum absolute atomic E-state index is 12.6. The van der Waals surface area contributed by atoms with Gasteiger partial charge in [0.25, 0.3) is 0 Å². The van der Waals surface area contributed by atoms with E-state index in [-0.39, 0.29) is 18.5 Å². The maximum Gasteiger partial charge on any atom is 0.323 e. The number of likely N-dealkylation sites (tertiary alicyclic amines) is 1. The first-order chi connectivity index (χ1) is 12.2. The number of hydrogen-bond donors (Lipinski definition) is 2. The number of carboxylic acids is 1. The lowest BCUT2D eigenvalue weighted by atomic mass is 9.81. The van der Waals surface area contributed by atoms with Crippen LogP contribution in [-0.4, -0.2) is 53.2 Å². The molecule has 2 fully saturated rings. The van der Waals surface area contributed by atoms with Crippen molar-refractivity contribution in [2.75, 3.05) is 25.5 Å². The van der Waals surface area contributed by atoms with E-state index in [0.717, 1.165) is 12.8 Å². The van der Waals surface area contributed by atoms with E-state index in [1.54, 1.807) is 24.1 Å². The number of carbonyl (C=O) groups excluding carboxylic acids is 2. The van der Waals surface area contributed by atoms with Crippen molar-refractivity contribution in [3.05, 3.63) is 11.1 Å². The Morgan fingerprint density at radius 1 is 1.46 bits per heavy atom. The fourth-order valence-electron chi connectivity index (χ4n) is 3.94. The lowest BCUT2D eigenvalue weighted by molar-refractivity contribution is -0.149. The highest BCUT2D eigenvalue weighted by Gasteiger charge is 2.55. The van der Waals surface area contributed by atoms with Crippen molar-refractivity contribution in [2.45, 2.75) is 38.5 Å². The second-order valence-corrected chi connectivity index (χ2v) is 8.37. The number of rotatable bonds is 4. The van der Waals surface area contributed by atoms with Gasteiger partial charge in [-0.2, -0.15) is 0 Å². The van der Waals surface area contributed by atoms with E-state index in [0.29, 0.717) is 23.8 Å². The summed E-state index contributed by atoms with van der Waals surface area (Å²) < 4.78 is 4.79. The Labute approximate surface area is 155 Å². The molecule has 8 nitrogen and oxygen atoms in total. The van der Waals surface area contributed by atoms with Gasteiger partial charge in [-0.05, 0) is 32.6 Å². The molecular formula is C17H23N3O5S. The van der Waals surface area contributed by atoms with Gasteiger partial charge in [0.2, 0.25) is 0 Å². The predicted molar refractivity (Wildman–Crippen MR) is 95.2 cm³/mol. The lowest BCUT2D eigenvalue weighted by Gasteiger charge is -2.23. The van der Waals surface area contributed by atoms with Crippen LogP contribution in [0, 0.1) is 11.3 Å². The number of aliphatic carboxylic acids is 1. The molecule has 3 rings (SSSR count). The Kier molecular flexibility index (Phi) is 4.68. The summed E-state index contributed by atoms with van der Waals surface area (Å²) in [7, 11) is 1.32. The normalized spacial score (nSPS) is 25.0. The summed E-state index contributed by atoms with van der Waals surface area (Å²) in [4.78, 5) is 42.0. The van der Waals surface area contributed by atoms with E-state index in [2.05, 4.69) is 10.3 Å². The number of nitrogens with zero attached hydrogens (tertiary/aromatic N) is 2. The van der Waals surface area contributed by atoms with Crippen molar-refractivity contribution in [3.63, 3.8) is 0 Å². The van der Waals surface area contributed by atoms with Crippen LogP contribution in [0.3, 0.4) is 0 Å². The molecule has 0 unspecified atom stereocenters. The topological polar surface area (TPSA) is 109 Å². The number of amides is 2. The zero-order valence-corrected chi connectivity index (χ0v) is 15.9. The molecule has 0 spiro atoms. The monoisotopic (exact) mass is 381 g/mol. The van der Waals surface area contributed by atoms with Crippen molar-refractivity contribution in [3.8, 4) is 0 Å². The summed E-state index contributed by atoms with van der Waals surface area (Å²) in [6.07, 6.45) is 2.35. The van der Waals surface area contributed by atoms with E-state index in [1.165, 1.54) is 18.4 Å². The van der Waals surface area contributed by atoms with Crippen LogP contribution >= 0.6 is 11.3 Å². The first-order valence-electron chi connectivity index (χ1n) is 8.54. The molecule has 26 heavy (non-hydrogen) atoms. The number of fused-ring (bicyclic) bond motifs is 1. The van der Waals surface area contributed by atoms with Gasteiger partial charge in [-0.15, -0.1) is 11.3 Å². The highest BCUT2D eigenvalue weighted by molar-refractivity contribution is 7.14. The highest BCUT2D eigenvalue weighted by atomic mass is 32.1. The third-order valence-corrected chi connectivity index (χ3v) is 6.40. The molecule has 1 saturated heterocycles. The predicted octanol–water partition coefficient (Wildman–Crippen LogP) is 2.31. The maximum atomic E-state index is 12.6. The van der Waals surface area contributed by atoms with Gasteiger partial charge in [-0.3, -0.25) is 14.9 Å². The number of carboxylic acid groups (broad SMARTS) is 1. The van der Waals surface area contributed by atoms with Gasteiger partial charge in [0.15, 0.2) is 5.13 Å². The Hall–Kier alpha value is -2.16. The second-order valence-electron chi connectivity index (χ2n) is 7.52. The smallest absolute Gasteiger partial charge is 0.323 e. The number of hydrogen-bond acceptors (Lipinski definition) is 6. The molecule has 142 valence electrons. The van der Waals surface area contributed by atoms with Crippen LogP contribution in [0.1, 0.15) is 38.8 Å². The zero-order valence-electron chi connectivity index (χ0n) is 15.1. The summed E-state index contributed by atoms with van der Waals surface area (Å²) >= 11 is 1.22. The van der Waals surface area contributed by atoms with Crippen LogP contribution in [0.4, 0.5) is 9.93 Å². The minimum absolute atomic E-state index is 0.0101. The summed E-state index contributed by atoms with van der Waals surface area (Å²) in [6, 6.07) is -0.350. The Morgan fingerprint density at radius 2 is 2.19 bits per heavy atom. The summed E-state index contributed by atoms with van der Waals surface area (Å²) in [5, 5.41) is 14.4. The standard InChI is InChI=1S/C17H23N3O5S/c1-16(2,13(23)25-3)11-8-26-14(18-11)19-15(24)20-7-10-5-4-6-17(10,9-20)12(21)22/h8,10H,4-7,9H2,1-3H3,(H,21,22)(H,18,19,24)/t10-,17+/m0/s1. The first kappa shape index (κ1) is 18.6. The van der Waals surface area contributed by atoms with Gasteiger partial charge in [-0.1, -0.05) is 6.42 Å². The average molecular weight is 381 g/mol. The number of methoxy groups -OCH3 is 1. The van der Waals surface area contributed by atoms with Gasteiger partial charge in [0.05, 0.1) is 18.2 Å². The molecule has 1 aromatic rings. The molecular weight excluding hydrogens is 358 g/mol. The lowest BCUT2D eigenvalue weighted by Crippen LogP contribution is -2.38. The molecule has 2 aliphatic rings. The molecule has 1 aliphatic heterocycles. The van der Waals surface area contributed by atoms with Crippen molar-refractivity contribution >= 4 is 34.4 Å². The van der Waals surface area contributed by atoms with Gasteiger partial charge in [0.1, 0.15) is 5.41 Å². The molecule has 2 N–H and O–H groups in total. The molecule has 0 aromatic carbocycles. The summed E-state index contributed by atoms with van der Waals surface area (Å²) in [5.74, 6) is -1.21. The quantitative estimate of drug-likeness (QED) is 0.775. The number of carbonyl (C=O) groups is 3. The van der Waals surface area contributed by atoms with E-state index < -0.39 is 22.8 Å². The van der Waals surface area contributed by atoms with Gasteiger partial charge < -0.3 is 14.7 Å². The largest absolute Gasteiger partial charge is 0.481 e. The number of thiazole rings is 1. The molecule has 2 atom stereocenters. The summed E-state index contributed by atoms with van der Waals surface area (Å²) in [6.45, 7) is 4.09. The Morgan fingerprint density at radius 3 is 2.81 bits per heavy atom. The van der Waals surface area contributed by atoms with Crippen molar-refractivity contribution < 1.29 is 24.2 Å². The van der Waals surface area contributed by atoms with Gasteiger partial charge in [0, 0.05) is 18.5 Å². The summed E-state index contributed by atoms with van der Waals surface area (Å²) in [5.41, 5.74) is -1.20. The minimum Gasteiger partial charge on any atom is -0.481 e. The third-order valence-electron chi connectivity index (χ3n) is 5.64. The molecule has 9 heteroatoms. The average Bonchev–Trinajstić information content (AvgIpc) is 3.27. The highest BCUT2D eigenvalue weighted by Crippen LogP contribution is 2.49. The third kappa shape index (κ3) is 2.94. The fraction of sp³-hybridized carbons (Fsp3) is 0.647. The van der Waals surface area contributed by atoms with E-state index in [4.69, 9.17) is 4.74 Å². The number of esters is 1. The molecule has 1 aromatic heterocycles. The molecule has 0 bridgehead atoms. The van der Waals surface area contributed by atoms with Crippen LogP contribution in [0.5, 0.6) is 0 Å².